The quantitative estimate of drug-likeness (QED) is 0.723. The van der Waals surface area contributed by atoms with Gasteiger partial charge < -0.3 is 4.90 Å². The van der Waals surface area contributed by atoms with Crippen LogP contribution < -0.4 is 4.90 Å². The van der Waals surface area contributed by atoms with Crippen molar-refractivity contribution in [1.29, 1.82) is 0 Å². The summed E-state index contributed by atoms with van der Waals surface area (Å²) in [5.74, 6) is 0. The van der Waals surface area contributed by atoms with Gasteiger partial charge in [-0.15, -0.1) is 0 Å². The Kier molecular flexibility index (Phi) is 3.96. The molecule has 0 saturated heterocycles. The fraction of sp³-hybridized carbons (Fsp3) is 0.429. The molecule has 0 aliphatic heterocycles. The lowest BCUT2D eigenvalue weighted by Gasteiger charge is -2.20. The van der Waals surface area contributed by atoms with Crippen molar-refractivity contribution >= 4 is 11.8 Å². The minimum atomic E-state index is 1.08. The summed E-state index contributed by atoms with van der Waals surface area (Å²) in [6, 6.07) is 4.43. The second-order valence-corrected chi connectivity index (χ2v) is 3.94. The number of hydrogen-bond acceptors (Lipinski definition) is 1. The van der Waals surface area contributed by atoms with Crippen LogP contribution in [0.25, 0.3) is 6.08 Å². The molecule has 0 heterocycles. The molecule has 0 aliphatic carbocycles. The van der Waals surface area contributed by atoms with Crippen LogP contribution in [0, 0.1) is 0 Å². The molecule has 0 amide bonds. The predicted octanol–water partition coefficient (Wildman–Crippen LogP) is 3.52. The molecule has 1 rings (SSSR count). The van der Waals surface area contributed by atoms with Crippen molar-refractivity contribution < 1.29 is 0 Å². The van der Waals surface area contributed by atoms with Gasteiger partial charge >= 0.3 is 0 Å². The molecule has 1 heteroatoms. The lowest BCUT2D eigenvalue weighted by molar-refractivity contribution is 1.02. The lowest BCUT2D eigenvalue weighted by Crippen LogP contribution is -2.12. The van der Waals surface area contributed by atoms with Gasteiger partial charge in [0.15, 0.2) is 0 Å². The van der Waals surface area contributed by atoms with Gasteiger partial charge in [0.25, 0.3) is 0 Å². The smallest absolute Gasteiger partial charge is 0.0437 e. The molecule has 0 aliphatic rings. The standard InChI is InChI=1S/C14H21N/c1-6-11-9-10-14(15(4)5)13(8-3)12(11)7-2/h8-10H,3,6-7H2,1-2,4-5H3. The third-order valence-corrected chi connectivity index (χ3v) is 2.85. The van der Waals surface area contributed by atoms with Crippen molar-refractivity contribution in [2.24, 2.45) is 0 Å². The maximum absolute atomic E-state index is 3.93. The highest BCUT2D eigenvalue weighted by Crippen LogP contribution is 2.27. The van der Waals surface area contributed by atoms with E-state index in [2.05, 4.69) is 51.6 Å². The van der Waals surface area contributed by atoms with Crippen molar-refractivity contribution in [3.05, 3.63) is 35.4 Å². The number of aryl methyl sites for hydroxylation is 1. The minimum absolute atomic E-state index is 1.08. The molecule has 0 unspecified atom stereocenters. The first kappa shape index (κ1) is 11.8. The van der Waals surface area contributed by atoms with Crippen LogP contribution in [0.3, 0.4) is 0 Å². The Balaban J connectivity index is 3.40. The van der Waals surface area contributed by atoms with Gasteiger partial charge in [0.05, 0.1) is 0 Å². The van der Waals surface area contributed by atoms with E-state index in [1.165, 1.54) is 22.4 Å². The van der Waals surface area contributed by atoms with Crippen molar-refractivity contribution in [2.75, 3.05) is 19.0 Å². The Morgan fingerprint density at radius 3 is 2.27 bits per heavy atom. The molecular formula is C14H21N. The fourth-order valence-electron chi connectivity index (χ4n) is 2.06. The van der Waals surface area contributed by atoms with E-state index in [0.29, 0.717) is 0 Å². The Morgan fingerprint density at radius 2 is 1.87 bits per heavy atom. The number of benzene rings is 1. The second kappa shape index (κ2) is 5.01. The van der Waals surface area contributed by atoms with E-state index in [-0.39, 0.29) is 0 Å². The monoisotopic (exact) mass is 203 g/mol. The Bertz CT molecular complexity index is 351. The molecule has 1 nitrogen and oxygen atoms in total. The first-order valence-corrected chi connectivity index (χ1v) is 5.60. The largest absolute Gasteiger partial charge is 0.377 e. The summed E-state index contributed by atoms with van der Waals surface area (Å²) in [5, 5.41) is 0. The van der Waals surface area contributed by atoms with Crippen molar-refractivity contribution in [3.8, 4) is 0 Å². The van der Waals surface area contributed by atoms with Crippen LogP contribution in [0.2, 0.25) is 0 Å². The van der Waals surface area contributed by atoms with Gasteiger partial charge in [0.1, 0.15) is 0 Å². The molecule has 1 aromatic rings. The van der Waals surface area contributed by atoms with Gasteiger partial charge in [-0.05, 0) is 30.0 Å². The summed E-state index contributed by atoms with van der Waals surface area (Å²) in [5.41, 5.74) is 5.44. The molecule has 15 heavy (non-hydrogen) atoms. The highest BCUT2D eigenvalue weighted by molar-refractivity contribution is 5.71. The van der Waals surface area contributed by atoms with Gasteiger partial charge in [-0.3, -0.25) is 0 Å². The van der Waals surface area contributed by atoms with Crippen LogP contribution in [-0.4, -0.2) is 14.1 Å². The summed E-state index contributed by atoms with van der Waals surface area (Å²) in [6.07, 6.45) is 4.15. The molecule has 0 atom stereocenters. The number of rotatable bonds is 4. The van der Waals surface area contributed by atoms with Crippen molar-refractivity contribution in [2.45, 2.75) is 26.7 Å². The molecule has 0 N–H and O–H groups in total. The summed E-state index contributed by atoms with van der Waals surface area (Å²) in [6.45, 7) is 8.35. The molecule has 0 radical (unpaired) electrons. The zero-order valence-electron chi connectivity index (χ0n) is 10.3. The average Bonchev–Trinajstić information content (AvgIpc) is 2.26. The van der Waals surface area contributed by atoms with E-state index in [1.54, 1.807) is 0 Å². The molecule has 0 fully saturated rings. The van der Waals surface area contributed by atoms with Crippen molar-refractivity contribution in [3.63, 3.8) is 0 Å². The first-order valence-electron chi connectivity index (χ1n) is 5.60. The van der Waals surface area contributed by atoms with Crippen LogP contribution in [0.5, 0.6) is 0 Å². The predicted molar refractivity (Wildman–Crippen MR) is 69.6 cm³/mol. The molecular weight excluding hydrogens is 182 g/mol. The Morgan fingerprint density at radius 1 is 1.20 bits per heavy atom. The zero-order valence-corrected chi connectivity index (χ0v) is 10.3. The Hall–Kier alpha value is -1.24. The maximum Gasteiger partial charge on any atom is 0.0437 e. The number of anilines is 1. The third-order valence-electron chi connectivity index (χ3n) is 2.85. The molecule has 0 spiro atoms. The maximum atomic E-state index is 3.93. The van der Waals surface area contributed by atoms with E-state index >= 15 is 0 Å². The SMILES string of the molecule is C=Cc1c(N(C)C)ccc(CC)c1CC. The highest BCUT2D eigenvalue weighted by Gasteiger charge is 2.09. The zero-order chi connectivity index (χ0) is 11.4. The van der Waals surface area contributed by atoms with Crippen LogP contribution in [-0.2, 0) is 12.8 Å². The minimum Gasteiger partial charge on any atom is -0.377 e. The summed E-state index contributed by atoms with van der Waals surface area (Å²) >= 11 is 0. The van der Waals surface area contributed by atoms with Gasteiger partial charge in [-0.2, -0.15) is 0 Å². The van der Waals surface area contributed by atoms with Gasteiger partial charge in [-0.25, -0.2) is 0 Å². The first-order chi connectivity index (χ1) is 7.15. The fourth-order valence-corrected chi connectivity index (χ4v) is 2.06. The highest BCUT2D eigenvalue weighted by atomic mass is 15.1. The van der Waals surface area contributed by atoms with E-state index < -0.39 is 0 Å². The van der Waals surface area contributed by atoms with Crippen LogP contribution in [0.1, 0.15) is 30.5 Å². The molecule has 0 bridgehead atoms. The van der Waals surface area contributed by atoms with E-state index in [1.807, 2.05) is 6.08 Å². The van der Waals surface area contributed by atoms with Gasteiger partial charge in [0.2, 0.25) is 0 Å². The lowest BCUT2D eigenvalue weighted by atomic mass is 9.95. The van der Waals surface area contributed by atoms with Gasteiger partial charge in [0, 0.05) is 25.3 Å². The van der Waals surface area contributed by atoms with E-state index in [0.717, 1.165) is 12.8 Å². The second-order valence-electron chi connectivity index (χ2n) is 3.94. The summed E-state index contributed by atoms with van der Waals surface area (Å²) < 4.78 is 0. The third kappa shape index (κ3) is 2.23. The molecule has 82 valence electrons. The topological polar surface area (TPSA) is 3.24 Å². The van der Waals surface area contributed by atoms with E-state index in [9.17, 15) is 0 Å². The van der Waals surface area contributed by atoms with Crippen LogP contribution in [0.15, 0.2) is 18.7 Å². The number of nitrogens with zero attached hydrogens (tertiary/aromatic N) is 1. The van der Waals surface area contributed by atoms with Crippen LogP contribution in [0.4, 0.5) is 5.69 Å². The van der Waals surface area contributed by atoms with Crippen molar-refractivity contribution in [1.82, 2.24) is 0 Å². The summed E-state index contributed by atoms with van der Waals surface area (Å²) in [7, 11) is 4.15. The normalized spacial score (nSPS) is 10.1. The summed E-state index contributed by atoms with van der Waals surface area (Å²) in [4.78, 5) is 2.15. The molecule has 1 aromatic carbocycles. The molecule has 0 aromatic heterocycles. The molecule has 0 saturated carbocycles. The van der Waals surface area contributed by atoms with E-state index in [4.69, 9.17) is 0 Å². The van der Waals surface area contributed by atoms with Crippen LogP contribution >= 0.6 is 0 Å². The Labute approximate surface area is 93.4 Å². The van der Waals surface area contributed by atoms with Gasteiger partial charge in [-0.1, -0.05) is 32.6 Å². The number of hydrogen-bond donors (Lipinski definition) is 0. The average molecular weight is 203 g/mol.